The predicted octanol–water partition coefficient (Wildman–Crippen LogP) is 6.50. The third-order valence-electron chi connectivity index (χ3n) is 4.15. The number of hydrogen-bond acceptors (Lipinski definition) is 3. The van der Waals surface area contributed by atoms with E-state index in [0.717, 1.165) is 38.5 Å². The van der Waals surface area contributed by atoms with Crippen LogP contribution in [-0.4, -0.2) is 23.4 Å². The summed E-state index contributed by atoms with van der Waals surface area (Å²) in [6.45, 7) is 9.43. The largest absolute Gasteiger partial charge is 0.473 e. The normalized spacial score (nSPS) is 11.9. The molecule has 0 spiro atoms. The van der Waals surface area contributed by atoms with Crippen molar-refractivity contribution in [3.63, 3.8) is 0 Å². The highest BCUT2D eigenvalue weighted by molar-refractivity contribution is 5.01. The molecule has 2 N–H and O–H groups in total. The van der Waals surface area contributed by atoms with E-state index >= 15 is 0 Å². The minimum atomic E-state index is 0.283. The summed E-state index contributed by atoms with van der Waals surface area (Å²) in [5.41, 5.74) is 2.85. The average molecular weight is 357 g/mol. The van der Waals surface area contributed by atoms with Crippen LogP contribution in [0.25, 0.3) is 0 Å². The number of rotatable bonds is 15. The first-order valence-electron chi connectivity index (χ1n) is 10.4. The first kappa shape index (κ1) is 26.4. The summed E-state index contributed by atoms with van der Waals surface area (Å²) in [5, 5.41) is 16.6. The SMILES string of the molecule is CCCCC(=COC=C(CC)CCCC)CC.OCCCCCCO. The standard InChI is InChI=1S/C16H30O.C6H14O2/c1-5-9-11-15(7-3)13-17-14-16(8-4)12-10-6-2;7-5-3-1-2-4-6-8/h13-14H,5-12H2,1-4H3;7-8H,1-6H2. The summed E-state index contributed by atoms with van der Waals surface area (Å²) in [7, 11) is 0. The van der Waals surface area contributed by atoms with Crippen LogP contribution in [0.2, 0.25) is 0 Å². The van der Waals surface area contributed by atoms with Crippen LogP contribution in [0.4, 0.5) is 0 Å². The highest BCUT2D eigenvalue weighted by Crippen LogP contribution is 2.14. The molecule has 0 aliphatic rings. The van der Waals surface area contributed by atoms with Gasteiger partial charge in [-0.1, -0.05) is 53.4 Å². The number of aliphatic hydroxyl groups excluding tert-OH is 2. The molecule has 0 aliphatic carbocycles. The van der Waals surface area contributed by atoms with Gasteiger partial charge in [0.1, 0.15) is 0 Å². The Hall–Kier alpha value is -0.800. The van der Waals surface area contributed by atoms with Crippen LogP contribution in [0, 0.1) is 0 Å². The van der Waals surface area contributed by atoms with Crippen LogP contribution in [0.15, 0.2) is 23.7 Å². The zero-order valence-corrected chi connectivity index (χ0v) is 17.4. The smallest absolute Gasteiger partial charge is 0.0893 e. The molecule has 0 amide bonds. The lowest BCUT2D eigenvalue weighted by molar-refractivity contribution is 0.265. The zero-order chi connectivity index (χ0) is 19.2. The van der Waals surface area contributed by atoms with Gasteiger partial charge in [-0.3, -0.25) is 0 Å². The van der Waals surface area contributed by atoms with Crippen molar-refractivity contribution in [1.29, 1.82) is 0 Å². The Morgan fingerprint density at radius 1 is 0.640 bits per heavy atom. The monoisotopic (exact) mass is 356 g/mol. The number of allylic oxidation sites excluding steroid dienone is 2. The molecule has 0 aliphatic heterocycles. The fourth-order valence-electron chi connectivity index (χ4n) is 2.25. The van der Waals surface area contributed by atoms with Gasteiger partial charge in [0.15, 0.2) is 0 Å². The molecule has 0 aromatic carbocycles. The van der Waals surface area contributed by atoms with E-state index in [2.05, 4.69) is 27.7 Å². The fraction of sp³-hybridized carbons (Fsp3) is 0.818. The van der Waals surface area contributed by atoms with Crippen LogP contribution in [-0.2, 0) is 4.74 Å². The highest BCUT2D eigenvalue weighted by atomic mass is 16.5. The average Bonchev–Trinajstić information content (AvgIpc) is 2.64. The van der Waals surface area contributed by atoms with E-state index < -0.39 is 0 Å². The number of aliphatic hydroxyl groups is 2. The summed E-state index contributed by atoms with van der Waals surface area (Å²) in [6.07, 6.45) is 17.3. The topological polar surface area (TPSA) is 49.7 Å². The van der Waals surface area contributed by atoms with Crippen molar-refractivity contribution in [2.24, 2.45) is 0 Å². The highest BCUT2D eigenvalue weighted by Gasteiger charge is 1.96. The zero-order valence-electron chi connectivity index (χ0n) is 17.4. The fourth-order valence-corrected chi connectivity index (χ4v) is 2.25. The second-order valence-electron chi connectivity index (χ2n) is 6.46. The van der Waals surface area contributed by atoms with Gasteiger partial charge in [0, 0.05) is 13.2 Å². The van der Waals surface area contributed by atoms with Gasteiger partial charge >= 0.3 is 0 Å². The Labute approximate surface area is 157 Å². The van der Waals surface area contributed by atoms with Gasteiger partial charge in [0.2, 0.25) is 0 Å². The molecule has 0 saturated carbocycles. The molecule has 0 unspecified atom stereocenters. The molecule has 0 rings (SSSR count). The maximum atomic E-state index is 8.30. The van der Waals surface area contributed by atoms with E-state index in [0.29, 0.717) is 0 Å². The van der Waals surface area contributed by atoms with Gasteiger partial charge in [-0.05, 0) is 62.5 Å². The lowest BCUT2D eigenvalue weighted by atomic mass is 10.1. The van der Waals surface area contributed by atoms with Crippen molar-refractivity contribution in [3.05, 3.63) is 23.7 Å². The van der Waals surface area contributed by atoms with Gasteiger partial charge in [-0.15, -0.1) is 0 Å². The van der Waals surface area contributed by atoms with Crippen molar-refractivity contribution in [2.75, 3.05) is 13.2 Å². The summed E-state index contributed by atoms with van der Waals surface area (Å²) in [5.74, 6) is 0. The molecular weight excluding hydrogens is 312 g/mol. The van der Waals surface area contributed by atoms with E-state index in [1.807, 2.05) is 12.5 Å². The van der Waals surface area contributed by atoms with Crippen molar-refractivity contribution >= 4 is 0 Å². The van der Waals surface area contributed by atoms with E-state index in [9.17, 15) is 0 Å². The molecule has 0 atom stereocenters. The Bertz CT molecular complexity index is 278. The third kappa shape index (κ3) is 21.2. The van der Waals surface area contributed by atoms with Crippen LogP contribution in [0.3, 0.4) is 0 Å². The van der Waals surface area contributed by atoms with Crippen molar-refractivity contribution in [1.82, 2.24) is 0 Å². The lowest BCUT2D eigenvalue weighted by Gasteiger charge is -2.05. The molecule has 3 heteroatoms. The number of hydrogen-bond donors (Lipinski definition) is 2. The molecule has 0 aromatic heterocycles. The summed E-state index contributed by atoms with van der Waals surface area (Å²) in [4.78, 5) is 0. The molecule has 0 radical (unpaired) electrons. The molecule has 0 fully saturated rings. The maximum absolute atomic E-state index is 8.30. The second-order valence-corrected chi connectivity index (χ2v) is 6.46. The van der Waals surface area contributed by atoms with Gasteiger partial charge < -0.3 is 14.9 Å². The molecule has 0 bridgehead atoms. The van der Waals surface area contributed by atoms with Crippen molar-refractivity contribution in [3.8, 4) is 0 Å². The van der Waals surface area contributed by atoms with E-state index in [-0.39, 0.29) is 13.2 Å². The summed E-state index contributed by atoms with van der Waals surface area (Å²) in [6, 6.07) is 0. The molecular formula is C22H44O3. The minimum Gasteiger partial charge on any atom is -0.473 e. The van der Waals surface area contributed by atoms with Crippen LogP contribution in [0.1, 0.15) is 105 Å². The molecule has 25 heavy (non-hydrogen) atoms. The van der Waals surface area contributed by atoms with Crippen LogP contribution in [0.5, 0.6) is 0 Å². The summed E-state index contributed by atoms with van der Waals surface area (Å²) < 4.78 is 5.61. The van der Waals surface area contributed by atoms with Gasteiger partial charge in [-0.25, -0.2) is 0 Å². The number of unbranched alkanes of at least 4 members (excludes halogenated alkanes) is 5. The quantitative estimate of drug-likeness (QED) is 0.260. The maximum Gasteiger partial charge on any atom is 0.0893 e. The minimum absolute atomic E-state index is 0.283. The first-order valence-corrected chi connectivity index (χ1v) is 10.4. The Morgan fingerprint density at radius 3 is 1.32 bits per heavy atom. The van der Waals surface area contributed by atoms with Gasteiger partial charge in [0.25, 0.3) is 0 Å². The number of ether oxygens (including phenoxy) is 1. The van der Waals surface area contributed by atoms with Crippen molar-refractivity contribution < 1.29 is 14.9 Å². The van der Waals surface area contributed by atoms with Gasteiger partial charge in [-0.2, -0.15) is 0 Å². The summed E-state index contributed by atoms with van der Waals surface area (Å²) >= 11 is 0. The molecule has 0 saturated heterocycles. The first-order chi connectivity index (χ1) is 12.2. The Kier molecular flexibility index (Phi) is 24.5. The lowest BCUT2D eigenvalue weighted by Crippen LogP contribution is -1.86. The van der Waals surface area contributed by atoms with E-state index in [1.54, 1.807) is 0 Å². The van der Waals surface area contributed by atoms with Gasteiger partial charge in [0.05, 0.1) is 12.5 Å². The molecule has 0 aromatic rings. The Balaban J connectivity index is 0. The molecule has 150 valence electrons. The Morgan fingerprint density at radius 2 is 1.04 bits per heavy atom. The van der Waals surface area contributed by atoms with E-state index in [1.165, 1.54) is 49.7 Å². The molecule has 3 nitrogen and oxygen atoms in total. The third-order valence-corrected chi connectivity index (χ3v) is 4.15. The second kappa shape index (κ2) is 23.2. The molecule has 0 heterocycles. The predicted molar refractivity (Wildman–Crippen MR) is 110 cm³/mol. The van der Waals surface area contributed by atoms with Crippen molar-refractivity contribution in [2.45, 2.75) is 105 Å². The van der Waals surface area contributed by atoms with Crippen LogP contribution >= 0.6 is 0 Å². The van der Waals surface area contributed by atoms with E-state index in [4.69, 9.17) is 14.9 Å². The van der Waals surface area contributed by atoms with Crippen LogP contribution < -0.4 is 0 Å².